The molecule has 0 radical (unpaired) electrons. The molecule has 1 saturated heterocycles. The lowest BCUT2D eigenvalue weighted by Crippen LogP contribution is -2.40. The molecule has 7 heteroatoms. The first-order valence-corrected chi connectivity index (χ1v) is 8.75. The van der Waals surface area contributed by atoms with Crippen LogP contribution >= 0.6 is 0 Å². The summed E-state index contributed by atoms with van der Waals surface area (Å²) in [5.74, 6) is 0.723. The largest absolute Gasteiger partial charge is 0.492 e. The van der Waals surface area contributed by atoms with E-state index < -0.39 is 0 Å². The molecule has 1 aromatic rings. The predicted octanol–water partition coefficient (Wildman–Crippen LogP) is 0.678. The summed E-state index contributed by atoms with van der Waals surface area (Å²) in [6, 6.07) is 7.68. The number of esters is 1. The second-order valence-electron chi connectivity index (χ2n) is 6.64. The summed E-state index contributed by atoms with van der Waals surface area (Å²) < 4.78 is 10.6. The minimum Gasteiger partial charge on any atom is -0.492 e. The third-order valence-corrected chi connectivity index (χ3v) is 4.44. The Morgan fingerprint density at radius 2 is 2.12 bits per heavy atom. The summed E-state index contributed by atoms with van der Waals surface area (Å²) in [7, 11) is 0. The lowest BCUT2D eigenvalue weighted by atomic mass is 10.1. The SMILES string of the molecule is Cc1cccc(OCCNC(=O)COC(=O)C2CC(C3CC3)NN2)c1. The van der Waals surface area contributed by atoms with E-state index in [1.165, 1.54) is 12.8 Å². The summed E-state index contributed by atoms with van der Waals surface area (Å²) in [4.78, 5) is 23.7. The number of aryl methyl sites for hydroxylation is 1. The number of benzene rings is 1. The maximum Gasteiger partial charge on any atom is 0.325 e. The number of carbonyl (C=O) groups excluding carboxylic acids is 2. The van der Waals surface area contributed by atoms with Crippen molar-refractivity contribution in [3.05, 3.63) is 29.8 Å². The van der Waals surface area contributed by atoms with Gasteiger partial charge in [-0.2, -0.15) is 0 Å². The fourth-order valence-electron chi connectivity index (χ4n) is 2.90. The summed E-state index contributed by atoms with van der Waals surface area (Å²) in [6.07, 6.45) is 3.15. The highest BCUT2D eigenvalue weighted by molar-refractivity contribution is 5.82. The van der Waals surface area contributed by atoms with E-state index in [1.807, 2.05) is 31.2 Å². The van der Waals surface area contributed by atoms with E-state index in [2.05, 4.69) is 16.2 Å². The molecule has 0 spiro atoms. The monoisotopic (exact) mass is 347 g/mol. The van der Waals surface area contributed by atoms with Crippen LogP contribution in [-0.4, -0.2) is 43.7 Å². The number of rotatable bonds is 8. The molecule has 1 heterocycles. The molecule has 0 bridgehead atoms. The maximum absolute atomic E-state index is 12.0. The van der Waals surface area contributed by atoms with Crippen LogP contribution in [0, 0.1) is 12.8 Å². The Bertz CT molecular complexity index is 618. The van der Waals surface area contributed by atoms with Crippen molar-refractivity contribution in [1.29, 1.82) is 0 Å². The molecule has 1 aliphatic heterocycles. The van der Waals surface area contributed by atoms with E-state index in [4.69, 9.17) is 9.47 Å². The van der Waals surface area contributed by atoms with Gasteiger partial charge in [-0.3, -0.25) is 15.0 Å². The van der Waals surface area contributed by atoms with Crippen LogP contribution in [0.15, 0.2) is 24.3 Å². The third kappa shape index (κ3) is 5.44. The van der Waals surface area contributed by atoms with Gasteiger partial charge in [-0.15, -0.1) is 0 Å². The van der Waals surface area contributed by atoms with Gasteiger partial charge in [0.1, 0.15) is 18.4 Å². The Morgan fingerprint density at radius 1 is 1.28 bits per heavy atom. The van der Waals surface area contributed by atoms with Gasteiger partial charge in [0, 0.05) is 6.04 Å². The van der Waals surface area contributed by atoms with Crippen molar-refractivity contribution >= 4 is 11.9 Å². The summed E-state index contributed by atoms with van der Waals surface area (Å²) >= 11 is 0. The van der Waals surface area contributed by atoms with Gasteiger partial charge in [-0.05, 0) is 49.8 Å². The van der Waals surface area contributed by atoms with Crippen molar-refractivity contribution in [1.82, 2.24) is 16.2 Å². The van der Waals surface area contributed by atoms with Crippen LogP contribution in [0.2, 0.25) is 0 Å². The molecule has 7 nitrogen and oxygen atoms in total. The highest BCUT2D eigenvalue weighted by atomic mass is 16.5. The average molecular weight is 347 g/mol. The zero-order valence-electron chi connectivity index (χ0n) is 14.4. The zero-order chi connectivity index (χ0) is 17.6. The second kappa shape index (κ2) is 8.31. The summed E-state index contributed by atoms with van der Waals surface area (Å²) in [6.45, 7) is 2.44. The number of hydrazine groups is 1. The van der Waals surface area contributed by atoms with Crippen LogP contribution in [0.4, 0.5) is 0 Å². The molecule has 2 unspecified atom stereocenters. The molecule has 1 aliphatic carbocycles. The van der Waals surface area contributed by atoms with E-state index in [0.717, 1.165) is 17.7 Å². The first-order valence-electron chi connectivity index (χ1n) is 8.75. The third-order valence-electron chi connectivity index (χ3n) is 4.44. The molecular weight excluding hydrogens is 322 g/mol. The minimum atomic E-state index is -0.387. The fraction of sp³-hybridized carbons (Fsp3) is 0.556. The molecule has 3 rings (SSSR count). The lowest BCUT2D eigenvalue weighted by Gasteiger charge is -2.11. The first-order chi connectivity index (χ1) is 12.1. The Kier molecular flexibility index (Phi) is 5.88. The van der Waals surface area contributed by atoms with E-state index in [-0.39, 0.29) is 24.5 Å². The number of amides is 1. The van der Waals surface area contributed by atoms with Crippen LogP contribution in [0.3, 0.4) is 0 Å². The van der Waals surface area contributed by atoms with Crippen molar-refractivity contribution in [2.75, 3.05) is 19.8 Å². The topological polar surface area (TPSA) is 88.7 Å². The Labute approximate surface area is 147 Å². The van der Waals surface area contributed by atoms with E-state index in [1.54, 1.807) is 0 Å². The standard InChI is InChI=1S/C18H25N3O4/c1-12-3-2-4-14(9-12)24-8-7-19-17(22)11-25-18(23)16-10-15(20-21-16)13-5-6-13/h2-4,9,13,15-16,20-21H,5-8,10-11H2,1H3,(H,19,22). The second-order valence-corrected chi connectivity index (χ2v) is 6.64. The average Bonchev–Trinajstić information content (AvgIpc) is 3.33. The Morgan fingerprint density at radius 3 is 2.88 bits per heavy atom. The van der Waals surface area contributed by atoms with Crippen molar-refractivity contribution < 1.29 is 19.1 Å². The summed E-state index contributed by atoms with van der Waals surface area (Å²) in [5.41, 5.74) is 7.20. The van der Waals surface area contributed by atoms with E-state index >= 15 is 0 Å². The predicted molar refractivity (Wildman–Crippen MR) is 91.8 cm³/mol. The van der Waals surface area contributed by atoms with Gasteiger partial charge in [0.05, 0.1) is 6.54 Å². The zero-order valence-corrected chi connectivity index (χ0v) is 14.4. The number of hydrogen-bond donors (Lipinski definition) is 3. The van der Waals surface area contributed by atoms with Crippen molar-refractivity contribution in [2.45, 2.75) is 38.3 Å². The molecule has 3 N–H and O–H groups in total. The molecular formula is C18H25N3O4. The highest BCUT2D eigenvalue weighted by Gasteiger charge is 2.39. The van der Waals surface area contributed by atoms with Crippen LogP contribution < -0.4 is 20.9 Å². The normalized spacial score (nSPS) is 22.4. The van der Waals surface area contributed by atoms with Crippen molar-refractivity contribution in [3.63, 3.8) is 0 Å². The van der Waals surface area contributed by atoms with Gasteiger partial charge < -0.3 is 14.8 Å². The number of hydrogen-bond acceptors (Lipinski definition) is 6. The molecule has 25 heavy (non-hydrogen) atoms. The molecule has 1 amide bonds. The van der Waals surface area contributed by atoms with E-state index in [9.17, 15) is 9.59 Å². The quantitative estimate of drug-likeness (QED) is 0.473. The molecule has 1 saturated carbocycles. The van der Waals surface area contributed by atoms with Gasteiger partial charge in [0.25, 0.3) is 5.91 Å². The smallest absolute Gasteiger partial charge is 0.325 e. The van der Waals surface area contributed by atoms with Crippen molar-refractivity contribution in [3.8, 4) is 5.75 Å². The molecule has 1 aromatic carbocycles. The molecule has 2 fully saturated rings. The molecule has 2 atom stereocenters. The van der Waals surface area contributed by atoms with Gasteiger partial charge >= 0.3 is 5.97 Å². The fourth-order valence-corrected chi connectivity index (χ4v) is 2.90. The number of carbonyl (C=O) groups is 2. The number of ether oxygens (including phenoxy) is 2. The van der Waals surface area contributed by atoms with E-state index in [0.29, 0.717) is 25.1 Å². The Hall–Kier alpha value is -2.12. The first kappa shape index (κ1) is 17.7. The molecule has 2 aliphatic rings. The van der Waals surface area contributed by atoms with Crippen LogP contribution in [-0.2, 0) is 14.3 Å². The lowest BCUT2D eigenvalue weighted by molar-refractivity contribution is -0.150. The Balaban J connectivity index is 1.27. The number of nitrogens with one attached hydrogen (secondary N) is 3. The van der Waals surface area contributed by atoms with Gasteiger partial charge in [0.2, 0.25) is 0 Å². The summed E-state index contributed by atoms with van der Waals surface area (Å²) in [5, 5.41) is 2.67. The van der Waals surface area contributed by atoms with Crippen LogP contribution in [0.1, 0.15) is 24.8 Å². The van der Waals surface area contributed by atoms with Gasteiger partial charge in [0.15, 0.2) is 6.61 Å². The van der Waals surface area contributed by atoms with Crippen LogP contribution in [0.25, 0.3) is 0 Å². The molecule has 136 valence electrons. The van der Waals surface area contributed by atoms with Crippen molar-refractivity contribution in [2.24, 2.45) is 5.92 Å². The maximum atomic E-state index is 12.0. The van der Waals surface area contributed by atoms with Crippen LogP contribution in [0.5, 0.6) is 5.75 Å². The molecule has 0 aromatic heterocycles. The van der Waals surface area contributed by atoms with Gasteiger partial charge in [-0.1, -0.05) is 12.1 Å². The highest BCUT2D eigenvalue weighted by Crippen LogP contribution is 2.35. The minimum absolute atomic E-state index is 0.268. The van der Waals surface area contributed by atoms with Gasteiger partial charge in [-0.25, -0.2) is 5.43 Å².